The third-order valence-corrected chi connectivity index (χ3v) is 6.30. The minimum absolute atomic E-state index is 0.104. The van der Waals surface area contributed by atoms with Gasteiger partial charge in [-0.1, -0.05) is 26.0 Å². The number of Topliss-reactive ketones (excluding diaryl/α,β-unsaturated/α-hetero) is 1. The zero-order valence-corrected chi connectivity index (χ0v) is 21.1. The summed E-state index contributed by atoms with van der Waals surface area (Å²) in [4.78, 5) is 39.5. The first-order valence-corrected chi connectivity index (χ1v) is 12.1. The van der Waals surface area contributed by atoms with Crippen LogP contribution in [-0.4, -0.2) is 51.3 Å². The molecule has 2 aliphatic rings. The van der Waals surface area contributed by atoms with E-state index in [1.807, 2.05) is 45.0 Å². The second-order valence-corrected chi connectivity index (χ2v) is 8.79. The predicted molar refractivity (Wildman–Crippen MR) is 130 cm³/mol. The van der Waals surface area contributed by atoms with E-state index in [-0.39, 0.29) is 18.3 Å². The maximum atomic E-state index is 13.7. The van der Waals surface area contributed by atoms with Crippen LogP contribution in [0.15, 0.2) is 46.8 Å². The summed E-state index contributed by atoms with van der Waals surface area (Å²) in [6.45, 7) is 9.08. The number of carbonyl (C=O) groups is 3. The van der Waals surface area contributed by atoms with Gasteiger partial charge in [-0.25, -0.2) is 4.79 Å². The summed E-state index contributed by atoms with van der Waals surface area (Å²) in [6, 6.07) is 7.31. The van der Waals surface area contributed by atoms with Gasteiger partial charge in [-0.3, -0.25) is 9.59 Å². The van der Waals surface area contributed by atoms with Gasteiger partial charge in [0.15, 0.2) is 5.78 Å². The van der Waals surface area contributed by atoms with Crippen molar-refractivity contribution in [3.8, 4) is 5.75 Å². The number of esters is 2. The molecule has 0 fully saturated rings. The molecule has 35 heavy (non-hydrogen) atoms. The molecule has 0 saturated heterocycles. The van der Waals surface area contributed by atoms with Crippen LogP contribution in [0.2, 0.25) is 0 Å². The number of carbonyl (C=O) groups excluding carboxylic acids is 3. The minimum atomic E-state index is -0.927. The summed E-state index contributed by atoms with van der Waals surface area (Å²) in [5, 5.41) is 3.26. The highest BCUT2D eigenvalue weighted by Crippen LogP contribution is 2.45. The van der Waals surface area contributed by atoms with Gasteiger partial charge in [0.1, 0.15) is 18.3 Å². The average molecular weight is 486 g/mol. The van der Waals surface area contributed by atoms with E-state index in [1.54, 1.807) is 6.92 Å². The van der Waals surface area contributed by atoms with Gasteiger partial charge in [-0.2, -0.15) is 0 Å². The molecule has 0 saturated carbocycles. The van der Waals surface area contributed by atoms with Crippen molar-refractivity contribution in [3.05, 3.63) is 52.4 Å². The summed E-state index contributed by atoms with van der Waals surface area (Å²) in [6.07, 6.45) is 1.36. The third kappa shape index (κ3) is 5.75. The van der Waals surface area contributed by atoms with Crippen molar-refractivity contribution in [1.29, 1.82) is 0 Å². The zero-order chi connectivity index (χ0) is 25.5. The first-order chi connectivity index (χ1) is 16.8. The Bertz CT molecular complexity index is 1010. The number of methoxy groups -OCH3 is 1. The fourth-order valence-corrected chi connectivity index (χ4v) is 4.73. The van der Waals surface area contributed by atoms with E-state index in [0.717, 1.165) is 17.7 Å². The number of rotatable bonds is 10. The molecule has 1 heterocycles. The molecule has 3 rings (SSSR count). The smallest absolute Gasteiger partial charge is 0.336 e. The highest BCUT2D eigenvalue weighted by molar-refractivity contribution is 6.12. The monoisotopic (exact) mass is 485 g/mol. The van der Waals surface area contributed by atoms with E-state index in [2.05, 4.69) is 5.32 Å². The molecule has 8 nitrogen and oxygen atoms in total. The summed E-state index contributed by atoms with van der Waals surface area (Å²) >= 11 is 0. The molecule has 3 atom stereocenters. The second-order valence-electron chi connectivity index (χ2n) is 8.79. The summed E-state index contributed by atoms with van der Waals surface area (Å²) in [5.41, 5.74) is 2.83. The number of benzene rings is 1. The van der Waals surface area contributed by atoms with E-state index >= 15 is 0 Å². The molecule has 1 aromatic carbocycles. The first kappa shape index (κ1) is 26.5. The van der Waals surface area contributed by atoms with Crippen LogP contribution >= 0.6 is 0 Å². The van der Waals surface area contributed by atoms with Gasteiger partial charge >= 0.3 is 11.9 Å². The van der Waals surface area contributed by atoms with Crippen molar-refractivity contribution < 1.29 is 33.3 Å². The van der Waals surface area contributed by atoms with Crippen molar-refractivity contribution in [2.45, 2.75) is 46.5 Å². The van der Waals surface area contributed by atoms with Gasteiger partial charge in [-0.05, 0) is 50.3 Å². The SMILES string of the molecule is CCCOCCOC(=O)C1=C(C)NC2=C(C(=O)[C@@H](C(=O)OC)[C@@H](C)C2)[C@@H]1c1ccc(OCC)cc1. The summed E-state index contributed by atoms with van der Waals surface area (Å²) < 4.78 is 21.5. The Kier molecular flexibility index (Phi) is 9.09. The minimum Gasteiger partial charge on any atom is -0.494 e. The Morgan fingerprint density at radius 1 is 1.09 bits per heavy atom. The van der Waals surface area contributed by atoms with Crippen LogP contribution in [-0.2, 0) is 28.6 Å². The molecule has 0 spiro atoms. The lowest BCUT2D eigenvalue weighted by molar-refractivity contribution is -0.151. The van der Waals surface area contributed by atoms with Gasteiger partial charge in [0.2, 0.25) is 0 Å². The molecule has 1 aromatic rings. The normalized spacial score (nSPS) is 21.9. The van der Waals surface area contributed by atoms with E-state index in [0.29, 0.717) is 48.8 Å². The number of dihydropyridines is 1. The zero-order valence-electron chi connectivity index (χ0n) is 21.1. The number of ether oxygens (including phenoxy) is 4. The Morgan fingerprint density at radius 2 is 1.80 bits per heavy atom. The van der Waals surface area contributed by atoms with Gasteiger partial charge in [0, 0.05) is 29.5 Å². The molecule has 1 N–H and O–H groups in total. The van der Waals surface area contributed by atoms with Crippen molar-refractivity contribution in [2.75, 3.05) is 33.5 Å². The first-order valence-electron chi connectivity index (χ1n) is 12.1. The number of nitrogens with one attached hydrogen (secondary N) is 1. The van der Waals surface area contributed by atoms with E-state index < -0.39 is 23.8 Å². The number of allylic oxidation sites excluding steroid dienone is 3. The van der Waals surface area contributed by atoms with Crippen molar-refractivity contribution >= 4 is 17.7 Å². The predicted octanol–water partition coefficient (Wildman–Crippen LogP) is 3.67. The average Bonchev–Trinajstić information content (AvgIpc) is 2.83. The van der Waals surface area contributed by atoms with Crippen LogP contribution < -0.4 is 10.1 Å². The summed E-state index contributed by atoms with van der Waals surface area (Å²) in [7, 11) is 1.28. The summed E-state index contributed by atoms with van der Waals surface area (Å²) in [5.74, 6) is -2.58. The van der Waals surface area contributed by atoms with Crippen LogP contribution in [0.25, 0.3) is 0 Å². The molecular formula is C27H35NO7. The molecule has 190 valence electrons. The highest BCUT2D eigenvalue weighted by atomic mass is 16.6. The highest BCUT2D eigenvalue weighted by Gasteiger charge is 2.47. The molecular weight excluding hydrogens is 450 g/mol. The molecule has 0 amide bonds. The quantitative estimate of drug-likeness (QED) is 0.304. The molecule has 8 heteroatoms. The Balaban J connectivity index is 2.01. The van der Waals surface area contributed by atoms with E-state index in [1.165, 1.54) is 7.11 Å². The molecule has 0 radical (unpaired) electrons. The van der Waals surface area contributed by atoms with Crippen molar-refractivity contribution in [1.82, 2.24) is 5.32 Å². The Hall–Kier alpha value is -3.13. The number of ketones is 1. The topological polar surface area (TPSA) is 100 Å². The molecule has 0 unspecified atom stereocenters. The van der Waals surface area contributed by atoms with Gasteiger partial charge in [0.25, 0.3) is 0 Å². The van der Waals surface area contributed by atoms with Crippen LogP contribution in [0.5, 0.6) is 5.75 Å². The largest absolute Gasteiger partial charge is 0.494 e. The molecule has 1 aliphatic heterocycles. The molecule has 0 bridgehead atoms. The van der Waals surface area contributed by atoms with Crippen LogP contribution in [0, 0.1) is 11.8 Å². The van der Waals surface area contributed by atoms with Crippen LogP contribution in [0.1, 0.15) is 52.0 Å². The van der Waals surface area contributed by atoms with E-state index in [4.69, 9.17) is 18.9 Å². The standard InChI is InChI=1S/C27H35NO7/c1-6-12-33-13-14-35-27(31)22-17(4)28-20-15-16(3)21(26(30)32-5)25(29)24(20)23(22)18-8-10-19(11-9-18)34-7-2/h8-11,16,21,23,28H,6-7,12-15H2,1-5H3/t16-,21-,23+/m0/s1. The lowest BCUT2D eigenvalue weighted by Crippen LogP contribution is -2.43. The number of hydrogen-bond donors (Lipinski definition) is 1. The number of hydrogen-bond acceptors (Lipinski definition) is 8. The van der Waals surface area contributed by atoms with Gasteiger partial charge in [0.05, 0.1) is 25.9 Å². The molecule has 1 aliphatic carbocycles. The maximum Gasteiger partial charge on any atom is 0.336 e. The van der Waals surface area contributed by atoms with E-state index in [9.17, 15) is 14.4 Å². The lowest BCUT2D eigenvalue weighted by atomic mass is 9.69. The van der Waals surface area contributed by atoms with Crippen LogP contribution in [0.4, 0.5) is 0 Å². The third-order valence-electron chi connectivity index (χ3n) is 6.30. The van der Waals surface area contributed by atoms with Crippen molar-refractivity contribution in [3.63, 3.8) is 0 Å². The Labute approximate surface area is 206 Å². The fourth-order valence-electron chi connectivity index (χ4n) is 4.73. The van der Waals surface area contributed by atoms with Crippen molar-refractivity contribution in [2.24, 2.45) is 11.8 Å². The van der Waals surface area contributed by atoms with Gasteiger partial charge in [-0.15, -0.1) is 0 Å². The second kappa shape index (κ2) is 12.0. The lowest BCUT2D eigenvalue weighted by Gasteiger charge is -2.38. The Morgan fingerprint density at radius 3 is 2.43 bits per heavy atom. The maximum absolute atomic E-state index is 13.7. The van der Waals surface area contributed by atoms with Crippen LogP contribution in [0.3, 0.4) is 0 Å². The fraction of sp³-hybridized carbons (Fsp3) is 0.519. The molecule has 0 aromatic heterocycles. The van der Waals surface area contributed by atoms with Gasteiger partial charge < -0.3 is 24.3 Å².